The number of amides is 1. The number of methoxy groups -OCH3 is 2. The molecule has 0 saturated heterocycles. The van der Waals surface area contributed by atoms with Crippen LogP contribution in [0.4, 0.5) is 5.69 Å². The molecule has 0 saturated carbocycles. The molecule has 0 aliphatic rings. The van der Waals surface area contributed by atoms with E-state index in [1.54, 1.807) is 56.5 Å². The SMILES string of the molecule is COc1ccc(CN(C)C(=O)c2ccc(N(Cc3ccccc3)S(C)(=O)=O)cc2)cc1OC. The van der Waals surface area contributed by atoms with Crippen LogP contribution in [0.1, 0.15) is 21.5 Å². The van der Waals surface area contributed by atoms with Crippen LogP contribution in [0.25, 0.3) is 0 Å². The van der Waals surface area contributed by atoms with Crippen LogP contribution in [0.5, 0.6) is 11.5 Å². The average Bonchev–Trinajstić information content (AvgIpc) is 2.82. The minimum absolute atomic E-state index is 0.176. The lowest BCUT2D eigenvalue weighted by atomic mass is 10.1. The molecule has 0 heterocycles. The largest absolute Gasteiger partial charge is 0.493 e. The van der Waals surface area contributed by atoms with Gasteiger partial charge in [-0.25, -0.2) is 8.42 Å². The lowest BCUT2D eigenvalue weighted by molar-refractivity contribution is 0.0785. The van der Waals surface area contributed by atoms with Gasteiger partial charge in [0.05, 0.1) is 32.7 Å². The van der Waals surface area contributed by atoms with E-state index in [0.717, 1.165) is 11.1 Å². The van der Waals surface area contributed by atoms with Crippen molar-refractivity contribution in [2.45, 2.75) is 13.1 Å². The average molecular weight is 469 g/mol. The van der Waals surface area contributed by atoms with Crippen LogP contribution < -0.4 is 13.8 Å². The fourth-order valence-corrected chi connectivity index (χ4v) is 4.35. The Kier molecular flexibility index (Phi) is 7.60. The summed E-state index contributed by atoms with van der Waals surface area (Å²) >= 11 is 0. The maximum atomic E-state index is 12.9. The van der Waals surface area contributed by atoms with Crippen LogP contribution in [-0.4, -0.2) is 46.7 Å². The molecule has 3 rings (SSSR count). The number of benzene rings is 3. The van der Waals surface area contributed by atoms with Crippen molar-refractivity contribution in [3.63, 3.8) is 0 Å². The van der Waals surface area contributed by atoms with Gasteiger partial charge in [-0.05, 0) is 47.5 Å². The zero-order chi connectivity index (χ0) is 24.0. The highest BCUT2D eigenvalue weighted by molar-refractivity contribution is 7.92. The van der Waals surface area contributed by atoms with Crippen LogP contribution in [0, 0.1) is 0 Å². The summed E-state index contributed by atoms with van der Waals surface area (Å²) in [4.78, 5) is 14.5. The molecule has 0 atom stereocenters. The molecule has 0 N–H and O–H groups in total. The van der Waals surface area contributed by atoms with E-state index < -0.39 is 10.0 Å². The Morgan fingerprint density at radius 3 is 2.03 bits per heavy atom. The monoisotopic (exact) mass is 468 g/mol. The summed E-state index contributed by atoms with van der Waals surface area (Å²) in [6, 6.07) is 21.5. The molecular formula is C25H28N2O5S. The zero-order valence-corrected chi connectivity index (χ0v) is 20.0. The van der Waals surface area contributed by atoms with E-state index in [9.17, 15) is 13.2 Å². The number of nitrogens with zero attached hydrogens (tertiary/aromatic N) is 2. The molecule has 7 nitrogen and oxygen atoms in total. The highest BCUT2D eigenvalue weighted by atomic mass is 32.2. The highest BCUT2D eigenvalue weighted by Gasteiger charge is 2.19. The van der Waals surface area contributed by atoms with E-state index in [1.165, 1.54) is 10.6 Å². The topological polar surface area (TPSA) is 76.2 Å². The summed E-state index contributed by atoms with van der Waals surface area (Å²) in [6.45, 7) is 0.594. The summed E-state index contributed by atoms with van der Waals surface area (Å²) in [5, 5.41) is 0. The van der Waals surface area contributed by atoms with Crippen molar-refractivity contribution in [1.82, 2.24) is 4.90 Å². The van der Waals surface area contributed by atoms with Gasteiger partial charge in [0.15, 0.2) is 11.5 Å². The molecule has 33 heavy (non-hydrogen) atoms. The van der Waals surface area contributed by atoms with Crippen molar-refractivity contribution >= 4 is 21.6 Å². The third-order valence-electron chi connectivity index (χ3n) is 5.19. The van der Waals surface area contributed by atoms with E-state index >= 15 is 0 Å². The second-order valence-corrected chi connectivity index (χ2v) is 9.56. The number of rotatable bonds is 9. The third kappa shape index (κ3) is 6.04. The molecule has 0 unspecified atom stereocenters. The molecule has 0 aliphatic carbocycles. The number of anilines is 1. The third-order valence-corrected chi connectivity index (χ3v) is 6.33. The molecule has 3 aromatic carbocycles. The van der Waals surface area contributed by atoms with Crippen LogP contribution in [0.3, 0.4) is 0 Å². The van der Waals surface area contributed by atoms with Gasteiger partial charge in [-0.15, -0.1) is 0 Å². The maximum absolute atomic E-state index is 12.9. The molecule has 8 heteroatoms. The van der Waals surface area contributed by atoms with Gasteiger partial charge in [-0.3, -0.25) is 9.10 Å². The molecule has 1 amide bonds. The van der Waals surface area contributed by atoms with Crippen molar-refractivity contribution in [3.05, 3.63) is 89.5 Å². The van der Waals surface area contributed by atoms with Crippen LogP contribution in [-0.2, 0) is 23.1 Å². The molecule has 0 bridgehead atoms. The first kappa shape index (κ1) is 24.1. The Morgan fingerprint density at radius 2 is 1.45 bits per heavy atom. The van der Waals surface area contributed by atoms with Gasteiger partial charge in [-0.2, -0.15) is 0 Å². The predicted molar refractivity (Wildman–Crippen MR) is 129 cm³/mol. The second-order valence-electron chi connectivity index (χ2n) is 7.65. The molecule has 0 aromatic heterocycles. The fourth-order valence-electron chi connectivity index (χ4n) is 3.46. The summed E-state index contributed by atoms with van der Waals surface area (Å²) in [5.41, 5.74) is 2.74. The van der Waals surface area contributed by atoms with Crippen molar-refractivity contribution in [3.8, 4) is 11.5 Å². The van der Waals surface area contributed by atoms with Crippen molar-refractivity contribution in [2.75, 3.05) is 31.8 Å². The standard InChI is InChI=1S/C25H28N2O5S/c1-26(17-20-10-15-23(31-2)24(16-20)32-3)25(28)21-11-13-22(14-12-21)27(33(4,29)30)18-19-8-6-5-7-9-19/h5-16H,17-18H2,1-4H3. The summed E-state index contributed by atoms with van der Waals surface area (Å²) in [6.07, 6.45) is 1.17. The van der Waals surface area contributed by atoms with Crippen LogP contribution in [0.2, 0.25) is 0 Å². The summed E-state index contributed by atoms with van der Waals surface area (Å²) in [7, 11) is 1.35. The molecule has 3 aromatic rings. The van der Waals surface area contributed by atoms with Gasteiger partial charge in [0.2, 0.25) is 10.0 Å². The van der Waals surface area contributed by atoms with E-state index in [0.29, 0.717) is 29.3 Å². The number of carbonyl (C=O) groups is 1. The lowest BCUT2D eigenvalue weighted by Gasteiger charge is -2.23. The first-order valence-electron chi connectivity index (χ1n) is 10.3. The summed E-state index contributed by atoms with van der Waals surface area (Å²) in [5.74, 6) is 1.04. The Morgan fingerprint density at radius 1 is 0.818 bits per heavy atom. The van der Waals surface area contributed by atoms with E-state index in [1.807, 2.05) is 42.5 Å². The van der Waals surface area contributed by atoms with Gasteiger partial charge in [-0.1, -0.05) is 36.4 Å². The van der Waals surface area contributed by atoms with Gasteiger partial charge in [0.1, 0.15) is 0 Å². The Bertz CT molecular complexity index is 1200. The minimum atomic E-state index is -3.50. The Labute approximate surface area is 195 Å². The van der Waals surface area contributed by atoms with E-state index in [-0.39, 0.29) is 12.5 Å². The van der Waals surface area contributed by atoms with Crippen molar-refractivity contribution in [2.24, 2.45) is 0 Å². The molecule has 0 radical (unpaired) electrons. The smallest absolute Gasteiger partial charge is 0.253 e. The van der Waals surface area contributed by atoms with E-state index in [2.05, 4.69) is 0 Å². The highest BCUT2D eigenvalue weighted by Crippen LogP contribution is 2.28. The minimum Gasteiger partial charge on any atom is -0.493 e. The van der Waals surface area contributed by atoms with E-state index in [4.69, 9.17) is 9.47 Å². The van der Waals surface area contributed by atoms with Crippen LogP contribution >= 0.6 is 0 Å². The van der Waals surface area contributed by atoms with Gasteiger partial charge in [0, 0.05) is 19.2 Å². The Balaban J connectivity index is 1.76. The van der Waals surface area contributed by atoms with Gasteiger partial charge < -0.3 is 14.4 Å². The molecule has 174 valence electrons. The van der Waals surface area contributed by atoms with Gasteiger partial charge >= 0.3 is 0 Å². The number of sulfonamides is 1. The van der Waals surface area contributed by atoms with Gasteiger partial charge in [0.25, 0.3) is 5.91 Å². The quantitative estimate of drug-likeness (QED) is 0.475. The molecule has 0 fully saturated rings. The zero-order valence-electron chi connectivity index (χ0n) is 19.2. The number of hydrogen-bond acceptors (Lipinski definition) is 5. The maximum Gasteiger partial charge on any atom is 0.253 e. The molecule has 0 spiro atoms. The number of carbonyl (C=O) groups excluding carboxylic acids is 1. The second kappa shape index (κ2) is 10.4. The lowest BCUT2D eigenvalue weighted by Crippen LogP contribution is -2.29. The van der Waals surface area contributed by atoms with Crippen molar-refractivity contribution in [1.29, 1.82) is 0 Å². The predicted octanol–water partition coefficient (Wildman–Crippen LogP) is 3.94. The molecular weight excluding hydrogens is 440 g/mol. The summed E-state index contributed by atoms with van der Waals surface area (Å²) < 4.78 is 36.7. The fraction of sp³-hybridized carbons (Fsp3) is 0.240. The van der Waals surface area contributed by atoms with Crippen molar-refractivity contribution < 1.29 is 22.7 Å². The number of hydrogen-bond donors (Lipinski definition) is 0. The first-order valence-corrected chi connectivity index (χ1v) is 12.2. The normalized spacial score (nSPS) is 11.0. The first-order chi connectivity index (χ1) is 15.7. The number of ether oxygens (including phenoxy) is 2. The Hall–Kier alpha value is -3.52. The van der Waals surface area contributed by atoms with Crippen LogP contribution in [0.15, 0.2) is 72.8 Å². The molecule has 0 aliphatic heterocycles.